The average molecular weight is 228 g/mol. The number of nitrogens with one attached hydrogen (secondary N) is 1. The van der Waals surface area contributed by atoms with E-state index in [1.165, 1.54) is 6.20 Å². The van der Waals surface area contributed by atoms with Crippen molar-refractivity contribution in [3.05, 3.63) is 23.5 Å². The van der Waals surface area contributed by atoms with Gasteiger partial charge < -0.3 is 11.1 Å². The highest BCUT2D eigenvalue weighted by atomic mass is 35.5. The van der Waals surface area contributed by atoms with Gasteiger partial charge in [-0.2, -0.15) is 0 Å². The van der Waals surface area contributed by atoms with E-state index in [2.05, 4.69) is 10.3 Å². The second kappa shape index (κ2) is 5.09. The van der Waals surface area contributed by atoms with E-state index in [0.29, 0.717) is 10.7 Å². The van der Waals surface area contributed by atoms with E-state index >= 15 is 0 Å². The zero-order valence-corrected chi connectivity index (χ0v) is 9.45. The fourth-order valence-electron chi connectivity index (χ4n) is 0.955. The van der Waals surface area contributed by atoms with Crippen LogP contribution in [0.2, 0.25) is 5.02 Å². The summed E-state index contributed by atoms with van der Waals surface area (Å²) in [6, 6.07) is 1.42. The Labute approximate surface area is 93.8 Å². The maximum absolute atomic E-state index is 11.6. The quantitative estimate of drug-likeness (QED) is 0.825. The first kappa shape index (κ1) is 11.9. The van der Waals surface area contributed by atoms with Crippen LogP contribution in [0.4, 0.5) is 5.69 Å². The molecule has 2 atom stereocenters. The normalized spacial score (nSPS) is 14.4. The molecule has 4 nitrogen and oxygen atoms in total. The van der Waals surface area contributed by atoms with Crippen molar-refractivity contribution in [2.45, 2.75) is 19.9 Å². The zero-order valence-electron chi connectivity index (χ0n) is 8.70. The molecule has 5 heteroatoms. The molecule has 0 bridgehead atoms. The standard InChI is InChI=1S/C10H14ClN3O/c1-6(7(2)12)10(15)14-9-5-13-4-3-8(9)11/h3-7H,12H2,1-2H3,(H,14,15). The Morgan fingerprint density at radius 3 is 2.80 bits per heavy atom. The predicted octanol–water partition coefficient (Wildman–Crippen LogP) is 1.66. The van der Waals surface area contributed by atoms with Crippen LogP contribution in [0.5, 0.6) is 0 Å². The van der Waals surface area contributed by atoms with Gasteiger partial charge in [-0.05, 0) is 13.0 Å². The summed E-state index contributed by atoms with van der Waals surface area (Å²) in [5.74, 6) is -0.416. The van der Waals surface area contributed by atoms with Crippen molar-refractivity contribution >= 4 is 23.2 Å². The molecule has 0 saturated carbocycles. The van der Waals surface area contributed by atoms with Gasteiger partial charge in [-0.3, -0.25) is 9.78 Å². The van der Waals surface area contributed by atoms with E-state index < -0.39 is 0 Å². The third kappa shape index (κ3) is 3.18. The fraction of sp³-hybridized carbons (Fsp3) is 0.400. The highest BCUT2D eigenvalue weighted by Crippen LogP contribution is 2.19. The molecule has 15 heavy (non-hydrogen) atoms. The van der Waals surface area contributed by atoms with Crippen molar-refractivity contribution in [2.24, 2.45) is 11.7 Å². The number of amides is 1. The number of halogens is 1. The van der Waals surface area contributed by atoms with Crippen LogP contribution in [0.3, 0.4) is 0 Å². The Balaban J connectivity index is 2.71. The van der Waals surface area contributed by atoms with Crippen LogP contribution in [0, 0.1) is 5.92 Å². The van der Waals surface area contributed by atoms with E-state index in [-0.39, 0.29) is 17.9 Å². The summed E-state index contributed by atoms with van der Waals surface area (Å²) in [4.78, 5) is 15.5. The molecule has 2 unspecified atom stereocenters. The second-order valence-corrected chi connectivity index (χ2v) is 3.90. The van der Waals surface area contributed by atoms with Crippen LogP contribution in [-0.2, 0) is 4.79 Å². The van der Waals surface area contributed by atoms with Crippen LogP contribution in [0.1, 0.15) is 13.8 Å². The molecule has 0 spiro atoms. The Kier molecular flexibility index (Phi) is 4.05. The lowest BCUT2D eigenvalue weighted by Gasteiger charge is -2.15. The number of rotatable bonds is 3. The van der Waals surface area contributed by atoms with Crippen LogP contribution >= 0.6 is 11.6 Å². The Morgan fingerprint density at radius 1 is 1.60 bits per heavy atom. The van der Waals surface area contributed by atoms with Gasteiger partial charge >= 0.3 is 0 Å². The maximum atomic E-state index is 11.6. The number of hydrogen-bond acceptors (Lipinski definition) is 3. The summed E-state index contributed by atoms with van der Waals surface area (Å²) in [6.07, 6.45) is 3.07. The molecule has 0 aliphatic rings. The number of aromatic nitrogens is 1. The van der Waals surface area contributed by atoms with Crippen LogP contribution < -0.4 is 11.1 Å². The third-order valence-electron chi connectivity index (χ3n) is 2.23. The first-order valence-corrected chi connectivity index (χ1v) is 5.06. The zero-order chi connectivity index (χ0) is 11.4. The molecule has 0 saturated heterocycles. The molecule has 0 radical (unpaired) electrons. The molecular weight excluding hydrogens is 214 g/mol. The average Bonchev–Trinajstić information content (AvgIpc) is 2.20. The van der Waals surface area contributed by atoms with Gasteiger partial charge in [0.15, 0.2) is 0 Å². The van der Waals surface area contributed by atoms with Gasteiger partial charge in [0.05, 0.1) is 22.8 Å². The summed E-state index contributed by atoms with van der Waals surface area (Å²) in [6.45, 7) is 3.55. The topological polar surface area (TPSA) is 68.0 Å². The lowest BCUT2D eigenvalue weighted by atomic mass is 10.0. The van der Waals surface area contributed by atoms with E-state index in [4.69, 9.17) is 17.3 Å². The lowest BCUT2D eigenvalue weighted by Crippen LogP contribution is -2.34. The molecule has 0 fully saturated rings. The first-order chi connectivity index (χ1) is 7.02. The minimum absolute atomic E-state index is 0.153. The van der Waals surface area contributed by atoms with E-state index in [0.717, 1.165) is 0 Å². The predicted molar refractivity (Wildman–Crippen MR) is 60.7 cm³/mol. The molecule has 1 aromatic rings. The van der Waals surface area contributed by atoms with Gasteiger partial charge in [0.1, 0.15) is 0 Å². The van der Waals surface area contributed by atoms with Crippen molar-refractivity contribution < 1.29 is 4.79 Å². The summed E-state index contributed by atoms with van der Waals surface area (Å²) in [5.41, 5.74) is 6.13. The Bertz CT molecular complexity index is 354. The van der Waals surface area contributed by atoms with E-state index in [1.807, 2.05) is 0 Å². The molecule has 3 N–H and O–H groups in total. The number of nitrogens with two attached hydrogens (primary N) is 1. The molecule has 1 heterocycles. The van der Waals surface area contributed by atoms with Crippen molar-refractivity contribution in [1.29, 1.82) is 0 Å². The lowest BCUT2D eigenvalue weighted by molar-refractivity contribution is -0.119. The molecule has 82 valence electrons. The fourth-order valence-corrected chi connectivity index (χ4v) is 1.11. The van der Waals surface area contributed by atoms with Gasteiger partial charge in [-0.25, -0.2) is 0 Å². The molecule has 1 amide bonds. The van der Waals surface area contributed by atoms with Gasteiger partial charge in [0.25, 0.3) is 0 Å². The summed E-state index contributed by atoms with van der Waals surface area (Å²) in [5, 5.41) is 3.15. The molecule has 0 aliphatic carbocycles. The monoisotopic (exact) mass is 227 g/mol. The number of anilines is 1. The van der Waals surface area contributed by atoms with Crippen molar-refractivity contribution in [2.75, 3.05) is 5.32 Å². The van der Waals surface area contributed by atoms with Crippen LogP contribution in [0.25, 0.3) is 0 Å². The minimum Gasteiger partial charge on any atom is -0.327 e. The SMILES string of the molecule is CC(N)C(C)C(=O)Nc1cnccc1Cl. The molecule has 0 aromatic carbocycles. The van der Waals surface area contributed by atoms with Gasteiger partial charge in [-0.1, -0.05) is 18.5 Å². The smallest absolute Gasteiger partial charge is 0.228 e. The minimum atomic E-state index is -0.263. The molecular formula is C10H14ClN3O. The Morgan fingerprint density at radius 2 is 2.27 bits per heavy atom. The van der Waals surface area contributed by atoms with Crippen molar-refractivity contribution in [3.8, 4) is 0 Å². The number of carbonyl (C=O) groups is 1. The van der Waals surface area contributed by atoms with Crippen LogP contribution in [0.15, 0.2) is 18.5 Å². The number of pyridine rings is 1. The first-order valence-electron chi connectivity index (χ1n) is 4.68. The number of nitrogens with zero attached hydrogens (tertiary/aromatic N) is 1. The number of carbonyl (C=O) groups excluding carboxylic acids is 1. The maximum Gasteiger partial charge on any atom is 0.228 e. The van der Waals surface area contributed by atoms with E-state index in [1.54, 1.807) is 26.1 Å². The van der Waals surface area contributed by atoms with Crippen molar-refractivity contribution in [1.82, 2.24) is 4.98 Å². The molecule has 0 aliphatic heterocycles. The van der Waals surface area contributed by atoms with Gasteiger partial charge in [0, 0.05) is 12.2 Å². The summed E-state index contributed by atoms with van der Waals surface area (Å²) < 4.78 is 0. The highest BCUT2D eigenvalue weighted by Gasteiger charge is 2.17. The largest absolute Gasteiger partial charge is 0.327 e. The van der Waals surface area contributed by atoms with E-state index in [9.17, 15) is 4.79 Å². The molecule has 1 aromatic heterocycles. The summed E-state index contributed by atoms with van der Waals surface area (Å²) >= 11 is 5.87. The van der Waals surface area contributed by atoms with Gasteiger partial charge in [0.2, 0.25) is 5.91 Å². The van der Waals surface area contributed by atoms with Gasteiger partial charge in [-0.15, -0.1) is 0 Å². The second-order valence-electron chi connectivity index (χ2n) is 3.49. The van der Waals surface area contributed by atoms with Crippen LogP contribution in [-0.4, -0.2) is 16.9 Å². The van der Waals surface area contributed by atoms with Crippen molar-refractivity contribution in [3.63, 3.8) is 0 Å². The third-order valence-corrected chi connectivity index (χ3v) is 2.56. The highest BCUT2D eigenvalue weighted by molar-refractivity contribution is 6.33. The Hall–Kier alpha value is -1.13. The molecule has 1 rings (SSSR count). The summed E-state index contributed by atoms with van der Waals surface area (Å²) in [7, 11) is 0. The number of hydrogen-bond donors (Lipinski definition) is 2.